The first-order chi connectivity index (χ1) is 19.9. The molecular formula is C32H40ClN3O5S. The van der Waals surface area contributed by atoms with Gasteiger partial charge in [-0.25, -0.2) is 13.1 Å². The highest BCUT2D eigenvalue weighted by Gasteiger charge is 2.44. The Balaban J connectivity index is 1.44. The van der Waals surface area contributed by atoms with Gasteiger partial charge in [0.05, 0.1) is 28.8 Å². The van der Waals surface area contributed by atoms with Crippen LogP contribution in [0.1, 0.15) is 50.7 Å². The SMILES string of the molecule is CN1CC=C[C@H](O)[C@@H]2CC[C@H]2CN2C[C@@]3(CCCc4cc(Cl)ccc43)COc3ccc(cc32)S(=O)(=O)NC(=O)C1(C)C. The molecule has 6 rings (SSSR count). The fourth-order valence-electron chi connectivity index (χ4n) is 7.02. The van der Waals surface area contributed by atoms with Gasteiger partial charge in [0.15, 0.2) is 0 Å². The minimum Gasteiger partial charge on any atom is -0.490 e. The van der Waals surface area contributed by atoms with Crippen LogP contribution in [0.3, 0.4) is 0 Å². The van der Waals surface area contributed by atoms with E-state index in [0.717, 1.165) is 37.1 Å². The lowest BCUT2D eigenvalue weighted by Gasteiger charge is -2.45. The van der Waals surface area contributed by atoms with E-state index in [1.54, 1.807) is 37.9 Å². The summed E-state index contributed by atoms with van der Waals surface area (Å²) < 4.78 is 35.9. The third kappa shape index (κ3) is 5.23. The molecule has 2 aliphatic heterocycles. The van der Waals surface area contributed by atoms with Crippen molar-refractivity contribution in [2.75, 3.05) is 38.2 Å². The Hall–Kier alpha value is -2.59. The number of amides is 1. The molecule has 1 spiro atoms. The molecule has 1 fully saturated rings. The van der Waals surface area contributed by atoms with Crippen molar-refractivity contribution in [1.82, 2.24) is 9.62 Å². The summed E-state index contributed by atoms with van der Waals surface area (Å²) in [7, 11) is -2.39. The average Bonchev–Trinajstić information content (AvgIpc) is 3.07. The van der Waals surface area contributed by atoms with Crippen LogP contribution in [0, 0.1) is 11.8 Å². The van der Waals surface area contributed by atoms with Crippen LogP contribution in [0.25, 0.3) is 0 Å². The zero-order valence-electron chi connectivity index (χ0n) is 24.5. The summed E-state index contributed by atoms with van der Waals surface area (Å²) in [6.45, 7) is 5.55. The maximum atomic E-state index is 13.6. The van der Waals surface area contributed by atoms with Gasteiger partial charge in [-0.1, -0.05) is 29.8 Å². The van der Waals surface area contributed by atoms with Gasteiger partial charge in [-0.2, -0.15) is 0 Å². The second kappa shape index (κ2) is 10.8. The van der Waals surface area contributed by atoms with Crippen LogP contribution >= 0.6 is 11.6 Å². The molecule has 2 N–H and O–H groups in total. The highest BCUT2D eigenvalue weighted by Crippen LogP contribution is 2.47. The van der Waals surface area contributed by atoms with Gasteiger partial charge in [0.25, 0.3) is 15.9 Å². The Morgan fingerprint density at radius 1 is 1.14 bits per heavy atom. The summed E-state index contributed by atoms with van der Waals surface area (Å²) in [6, 6.07) is 11.0. The summed E-state index contributed by atoms with van der Waals surface area (Å²) in [4.78, 5) is 17.3. The maximum Gasteiger partial charge on any atom is 0.264 e. The zero-order valence-corrected chi connectivity index (χ0v) is 26.0. The van der Waals surface area contributed by atoms with Crippen molar-refractivity contribution in [3.63, 3.8) is 0 Å². The number of ether oxygens (including phenoxy) is 1. The van der Waals surface area contributed by atoms with Crippen molar-refractivity contribution in [3.8, 4) is 5.75 Å². The van der Waals surface area contributed by atoms with Crippen LogP contribution in [0.15, 0.2) is 53.4 Å². The van der Waals surface area contributed by atoms with E-state index in [1.807, 2.05) is 18.2 Å². The van der Waals surface area contributed by atoms with Crippen molar-refractivity contribution in [3.05, 3.63) is 64.7 Å². The minimum atomic E-state index is -4.15. The van der Waals surface area contributed by atoms with Crippen molar-refractivity contribution >= 4 is 33.2 Å². The van der Waals surface area contributed by atoms with Crippen LogP contribution in [0.2, 0.25) is 5.02 Å². The van der Waals surface area contributed by atoms with Crippen LogP contribution < -0.4 is 14.4 Å². The fourth-order valence-corrected chi connectivity index (χ4v) is 8.34. The number of aryl methyl sites for hydroxylation is 1. The number of sulfonamides is 1. The normalized spacial score (nSPS) is 30.7. The van der Waals surface area contributed by atoms with Gasteiger partial charge in [-0.15, -0.1) is 0 Å². The summed E-state index contributed by atoms with van der Waals surface area (Å²) in [6.07, 6.45) is 7.92. The molecule has 2 aromatic carbocycles. The van der Waals surface area contributed by atoms with Crippen LogP contribution in [-0.2, 0) is 26.7 Å². The van der Waals surface area contributed by atoms with Crippen molar-refractivity contribution in [2.45, 2.75) is 67.9 Å². The topological polar surface area (TPSA) is 99.2 Å². The average molecular weight is 614 g/mol. The lowest BCUT2D eigenvalue weighted by Crippen LogP contribution is -2.54. The molecule has 2 aromatic rings. The molecule has 4 aliphatic rings. The third-order valence-corrected chi connectivity index (χ3v) is 11.7. The molecule has 4 atom stereocenters. The number of halogens is 1. The third-order valence-electron chi connectivity index (χ3n) is 10.1. The molecule has 42 heavy (non-hydrogen) atoms. The molecule has 2 bridgehead atoms. The lowest BCUT2D eigenvalue weighted by atomic mass is 9.68. The molecule has 10 heteroatoms. The number of nitrogens with one attached hydrogen (secondary N) is 1. The van der Waals surface area contributed by atoms with Crippen molar-refractivity contribution < 1.29 is 23.1 Å². The number of anilines is 1. The smallest absolute Gasteiger partial charge is 0.264 e. The predicted octanol–water partition coefficient (Wildman–Crippen LogP) is 4.29. The molecular weight excluding hydrogens is 574 g/mol. The van der Waals surface area contributed by atoms with Crippen molar-refractivity contribution in [1.29, 1.82) is 0 Å². The van der Waals surface area contributed by atoms with Gasteiger partial charge in [-0.3, -0.25) is 9.69 Å². The standard InChI is InChI=1S/C32H40ClN3O5S/c1-31(2)30(38)34-42(39,40)24-10-13-29-27(17-24)36(18-22-8-11-25(22)28(37)7-5-15-35(31)3)19-32(20-41-29)14-4-6-21-16-23(33)9-12-26(21)32/h5,7,9-10,12-13,16-17,22,25,28,37H,4,6,8,11,14-15,18-20H2,1-3H3,(H,34,38)/t22-,25+,28-,32-/m0/s1. The van der Waals surface area contributed by atoms with Crippen LogP contribution in [0.4, 0.5) is 5.69 Å². The lowest BCUT2D eigenvalue weighted by molar-refractivity contribution is -0.128. The van der Waals surface area contributed by atoms with Gasteiger partial charge in [0.1, 0.15) is 5.75 Å². The minimum absolute atomic E-state index is 0.0191. The second-order valence-electron chi connectivity index (χ2n) is 13.0. The van der Waals surface area contributed by atoms with E-state index in [2.05, 4.69) is 21.8 Å². The van der Waals surface area contributed by atoms with E-state index in [0.29, 0.717) is 37.7 Å². The van der Waals surface area contributed by atoms with E-state index in [4.69, 9.17) is 16.3 Å². The number of fused-ring (bicyclic) bond motifs is 4. The van der Waals surface area contributed by atoms with E-state index in [9.17, 15) is 18.3 Å². The summed E-state index contributed by atoms with van der Waals surface area (Å²) in [5.41, 5.74) is 1.76. The number of benzene rings is 2. The van der Waals surface area contributed by atoms with E-state index < -0.39 is 27.6 Å². The quantitative estimate of drug-likeness (QED) is 0.428. The first-order valence-electron chi connectivity index (χ1n) is 14.8. The Labute approximate surface area is 253 Å². The Morgan fingerprint density at radius 3 is 2.71 bits per heavy atom. The molecule has 2 heterocycles. The molecule has 0 unspecified atom stereocenters. The number of hydrogen-bond donors (Lipinski definition) is 2. The molecule has 0 saturated heterocycles. The first-order valence-corrected chi connectivity index (χ1v) is 16.7. The van der Waals surface area contributed by atoms with Gasteiger partial charge >= 0.3 is 0 Å². The van der Waals surface area contributed by atoms with Gasteiger partial charge in [0, 0.05) is 30.1 Å². The number of carbonyl (C=O) groups excluding carboxylic acids is 1. The molecule has 2 aliphatic carbocycles. The monoisotopic (exact) mass is 613 g/mol. The predicted molar refractivity (Wildman–Crippen MR) is 164 cm³/mol. The molecule has 0 aromatic heterocycles. The number of hydrogen-bond acceptors (Lipinski definition) is 7. The number of likely N-dealkylation sites (N-methyl/N-ethyl adjacent to an activating group) is 1. The molecule has 1 saturated carbocycles. The number of aliphatic hydroxyl groups excluding tert-OH is 1. The van der Waals surface area contributed by atoms with E-state index in [-0.39, 0.29) is 22.1 Å². The van der Waals surface area contributed by atoms with Crippen molar-refractivity contribution in [2.24, 2.45) is 11.8 Å². The van der Waals surface area contributed by atoms with E-state index >= 15 is 0 Å². The van der Waals surface area contributed by atoms with Gasteiger partial charge < -0.3 is 14.7 Å². The van der Waals surface area contributed by atoms with Gasteiger partial charge in [0.2, 0.25) is 0 Å². The Morgan fingerprint density at radius 2 is 1.95 bits per heavy atom. The number of carbonyl (C=O) groups is 1. The molecule has 226 valence electrons. The zero-order chi connectivity index (χ0) is 29.9. The summed E-state index contributed by atoms with van der Waals surface area (Å²) >= 11 is 6.38. The van der Waals surface area contributed by atoms with Gasteiger partial charge in [-0.05, 0) is 106 Å². The Kier molecular flexibility index (Phi) is 7.61. The van der Waals surface area contributed by atoms with Crippen LogP contribution in [0.5, 0.6) is 5.75 Å². The molecule has 1 amide bonds. The highest BCUT2D eigenvalue weighted by atomic mass is 35.5. The fraction of sp³-hybridized carbons (Fsp3) is 0.531. The largest absolute Gasteiger partial charge is 0.490 e. The van der Waals surface area contributed by atoms with Crippen LogP contribution in [-0.4, -0.2) is 69.3 Å². The Bertz CT molecular complexity index is 1530. The summed E-state index contributed by atoms with van der Waals surface area (Å²) in [5, 5.41) is 11.9. The van der Waals surface area contributed by atoms with E-state index in [1.165, 1.54) is 17.2 Å². The number of rotatable bonds is 0. The second-order valence-corrected chi connectivity index (χ2v) is 15.1. The molecule has 0 radical (unpaired) electrons. The molecule has 8 nitrogen and oxygen atoms in total. The summed E-state index contributed by atoms with van der Waals surface area (Å²) in [5.74, 6) is 0.340. The highest BCUT2D eigenvalue weighted by molar-refractivity contribution is 7.90. The first kappa shape index (κ1) is 29.5. The number of aliphatic hydroxyl groups is 1. The number of nitrogens with zero attached hydrogens (tertiary/aromatic N) is 2. The maximum absolute atomic E-state index is 13.6.